The van der Waals surface area contributed by atoms with Crippen molar-refractivity contribution in [2.24, 2.45) is 0 Å². The van der Waals surface area contributed by atoms with Gasteiger partial charge in [0.1, 0.15) is 5.75 Å². The van der Waals surface area contributed by atoms with E-state index in [0.717, 1.165) is 25.9 Å². The van der Waals surface area contributed by atoms with Crippen LogP contribution < -0.4 is 10.1 Å². The summed E-state index contributed by atoms with van der Waals surface area (Å²) in [4.78, 5) is 14.8. The molecule has 1 aliphatic heterocycles. The Kier molecular flexibility index (Phi) is 7.90. The monoisotopic (exact) mass is 362 g/mol. The molecule has 1 fully saturated rings. The van der Waals surface area contributed by atoms with E-state index in [0.29, 0.717) is 23.2 Å². The van der Waals surface area contributed by atoms with Crippen LogP contribution in [0.15, 0.2) is 12.1 Å². The minimum atomic E-state index is -2.87. The van der Waals surface area contributed by atoms with Crippen LogP contribution in [0.5, 0.6) is 5.75 Å². The molecule has 0 saturated carbocycles. The lowest BCUT2D eigenvalue weighted by molar-refractivity contribution is -0.0507. The highest BCUT2D eigenvalue weighted by Crippen LogP contribution is 2.27. The second-order valence-corrected chi connectivity index (χ2v) is 5.96. The Hall–Kier alpha value is -1.40. The van der Waals surface area contributed by atoms with Gasteiger partial charge in [-0.1, -0.05) is 6.92 Å². The number of benzene rings is 1. The first-order valence-electron chi connectivity index (χ1n) is 8.01. The lowest BCUT2D eigenvalue weighted by Crippen LogP contribution is -2.42. The summed E-state index contributed by atoms with van der Waals surface area (Å²) in [7, 11) is 0. The molecule has 1 saturated heterocycles. The summed E-state index contributed by atoms with van der Waals surface area (Å²) in [6.07, 6.45) is 1.82. The van der Waals surface area contributed by atoms with Crippen molar-refractivity contribution in [2.75, 3.05) is 19.6 Å². The summed E-state index contributed by atoms with van der Waals surface area (Å²) in [6.45, 7) is 4.95. The first-order valence-corrected chi connectivity index (χ1v) is 8.01. The summed E-state index contributed by atoms with van der Waals surface area (Å²) < 4.78 is 29.5. The van der Waals surface area contributed by atoms with Crippen molar-refractivity contribution in [3.8, 4) is 5.75 Å². The van der Waals surface area contributed by atoms with Gasteiger partial charge in [0.25, 0.3) is 5.91 Å². The van der Waals surface area contributed by atoms with Crippen molar-refractivity contribution in [3.63, 3.8) is 0 Å². The van der Waals surface area contributed by atoms with Crippen LogP contribution in [0.3, 0.4) is 0 Å². The fraction of sp³-hybridized carbons (Fsp3) is 0.588. The van der Waals surface area contributed by atoms with E-state index < -0.39 is 6.61 Å². The molecule has 7 heteroatoms. The van der Waals surface area contributed by atoms with Crippen molar-refractivity contribution in [3.05, 3.63) is 28.8 Å². The van der Waals surface area contributed by atoms with Crippen LogP contribution in [0, 0.1) is 13.8 Å². The highest BCUT2D eigenvalue weighted by molar-refractivity contribution is 5.95. The molecule has 2 rings (SSSR count). The summed E-state index contributed by atoms with van der Waals surface area (Å²) in [5.41, 5.74) is 1.63. The molecule has 1 unspecified atom stereocenters. The molecule has 24 heavy (non-hydrogen) atoms. The zero-order valence-electron chi connectivity index (χ0n) is 14.3. The number of carbonyl (C=O) groups is 1. The van der Waals surface area contributed by atoms with Crippen LogP contribution in [0.4, 0.5) is 8.78 Å². The fourth-order valence-electron chi connectivity index (χ4n) is 3.11. The summed E-state index contributed by atoms with van der Waals surface area (Å²) in [6, 6.07) is 3.47. The number of rotatable bonds is 6. The first-order chi connectivity index (χ1) is 10.9. The number of ether oxygens (including phenoxy) is 1. The predicted octanol–water partition coefficient (Wildman–Crippen LogP) is 3.54. The van der Waals surface area contributed by atoms with E-state index in [4.69, 9.17) is 0 Å². The third-order valence-corrected chi connectivity index (χ3v) is 4.11. The molecule has 0 spiro atoms. The standard InChI is InChI=1S/C17H24F2N2O2.ClH/c1-4-7-21(14-5-6-20-10-14)16(22)13-8-11(2)15(12(3)9-13)23-17(18)19;/h8-9,14,17,20H,4-7,10H2,1-3H3;1H. The molecule has 4 nitrogen and oxygen atoms in total. The highest BCUT2D eigenvalue weighted by atomic mass is 35.5. The molecule has 1 amide bonds. The molecule has 1 aromatic rings. The van der Waals surface area contributed by atoms with Gasteiger partial charge in [-0.15, -0.1) is 12.4 Å². The normalized spacial score (nSPS) is 16.8. The zero-order valence-corrected chi connectivity index (χ0v) is 15.1. The fourth-order valence-corrected chi connectivity index (χ4v) is 3.11. The van der Waals surface area contributed by atoms with E-state index in [-0.39, 0.29) is 30.1 Å². The third kappa shape index (κ3) is 4.80. The van der Waals surface area contributed by atoms with Crippen LogP contribution in [0.2, 0.25) is 0 Å². The maximum atomic E-state index is 12.9. The highest BCUT2D eigenvalue weighted by Gasteiger charge is 2.27. The number of carbonyl (C=O) groups excluding carboxylic acids is 1. The maximum absolute atomic E-state index is 12.9. The van der Waals surface area contributed by atoms with E-state index in [1.807, 2.05) is 11.8 Å². The second-order valence-electron chi connectivity index (χ2n) is 5.96. The Morgan fingerprint density at radius 1 is 1.38 bits per heavy atom. The number of nitrogens with zero attached hydrogens (tertiary/aromatic N) is 1. The van der Waals surface area contributed by atoms with Gasteiger partial charge >= 0.3 is 6.61 Å². The van der Waals surface area contributed by atoms with Crippen molar-refractivity contribution in [1.82, 2.24) is 10.2 Å². The molecule has 0 bridgehead atoms. The van der Waals surface area contributed by atoms with E-state index >= 15 is 0 Å². The molecule has 1 atom stereocenters. The van der Waals surface area contributed by atoms with E-state index in [1.165, 1.54) is 0 Å². The quantitative estimate of drug-likeness (QED) is 0.841. The van der Waals surface area contributed by atoms with Gasteiger partial charge in [0.05, 0.1) is 0 Å². The molecule has 0 aliphatic carbocycles. The van der Waals surface area contributed by atoms with Crippen molar-refractivity contribution in [2.45, 2.75) is 46.3 Å². The van der Waals surface area contributed by atoms with Crippen molar-refractivity contribution >= 4 is 18.3 Å². The Labute approximate surface area is 148 Å². The number of alkyl halides is 2. The number of aryl methyl sites for hydroxylation is 2. The Balaban J connectivity index is 0.00000288. The van der Waals surface area contributed by atoms with E-state index in [1.54, 1.807) is 26.0 Å². The Morgan fingerprint density at radius 2 is 2.00 bits per heavy atom. The summed E-state index contributed by atoms with van der Waals surface area (Å²) in [5.74, 6) is 0.108. The molecular formula is C17H25ClF2N2O2. The summed E-state index contributed by atoms with van der Waals surface area (Å²) in [5, 5.41) is 3.27. The number of halogens is 3. The smallest absolute Gasteiger partial charge is 0.387 e. The van der Waals surface area contributed by atoms with Crippen molar-refractivity contribution in [1.29, 1.82) is 0 Å². The topological polar surface area (TPSA) is 41.6 Å². The predicted molar refractivity (Wildman–Crippen MR) is 92.4 cm³/mol. The minimum Gasteiger partial charge on any atom is -0.434 e. The maximum Gasteiger partial charge on any atom is 0.387 e. The Bertz CT molecular complexity index is 541. The first kappa shape index (κ1) is 20.6. The van der Waals surface area contributed by atoms with Crippen LogP contribution in [-0.2, 0) is 0 Å². The number of amides is 1. The number of hydrogen-bond donors (Lipinski definition) is 1. The third-order valence-electron chi connectivity index (χ3n) is 4.11. The van der Waals surface area contributed by atoms with Gasteiger partial charge in [-0.05, 0) is 56.5 Å². The van der Waals surface area contributed by atoms with E-state index in [2.05, 4.69) is 10.1 Å². The average Bonchev–Trinajstić information content (AvgIpc) is 3.01. The lowest BCUT2D eigenvalue weighted by Gasteiger charge is -2.28. The van der Waals surface area contributed by atoms with Crippen LogP contribution in [0.25, 0.3) is 0 Å². The van der Waals surface area contributed by atoms with Crippen LogP contribution in [0.1, 0.15) is 41.3 Å². The molecular weight excluding hydrogens is 338 g/mol. The van der Waals surface area contributed by atoms with E-state index in [9.17, 15) is 13.6 Å². The molecule has 136 valence electrons. The molecule has 0 aromatic heterocycles. The van der Waals surface area contributed by atoms with Gasteiger partial charge in [0.15, 0.2) is 0 Å². The SMILES string of the molecule is CCCN(C(=O)c1cc(C)c(OC(F)F)c(C)c1)C1CCNC1.Cl. The van der Waals surface area contributed by atoms with Gasteiger partial charge in [-0.3, -0.25) is 4.79 Å². The number of hydrogen-bond acceptors (Lipinski definition) is 3. The largest absolute Gasteiger partial charge is 0.434 e. The van der Waals surface area contributed by atoms with Gasteiger partial charge in [-0.25, -0.2) is 0 Å². The molecule has 0 radical (unpaired) electrons. The minimum absolute atomic E-state index is 0. The molecule has 1 aromatic carbocycles. The molecule has 1 heterocycles. The second kappa shape index (κ2) is 9.18. The lowest BCUT2D eigenvalue weighted by atomic mass is 10.0. The summed E-state index contributed by atoms with van der Waals surface area (Å²) >= 11 is 0. The van der Waals surface area contributed by atoms with Crippen LogP contribution >= 0.6 is 12.4 Å². The zero-order chi connectivity index (χ0) is 17.0. The van der Waals surface area contributed by atoms with Crippen molar-refractivity contribution < 1.29 is 18.3 Å². The van der Waals surface area contributed by atoms with Gasteiger partial charge < -0.3 is 15.0 Å². The number of nitrogens with one attached hydrogen (secondary N) is 1. The van der Waals surface area contributed by atoms with Gasteiger partial charge in [-0.2, -0.15) is 8.78 Å². The van der Waals surface area contributed by atoms with Crippen LogP contribution in [-0.4, -0.2) is 43.1 Å². The average molecular weight is 363 g/mol. The van der Waals surface area contributed by atoms with Gasteiger partial charge in [0.2, 0.25) is 0 Å². The molecule has 1 N–H and O–H groups in total. The molecule has 1 aliphatic rings. The Morgan fingerprint density at radius 3 is 2.46 bits per heavy atom. The van der Waals surface area contributed by atoms with Gasteiger partial charge in [0, 0.05) is 24.7 Å².